The van der Waals surface area contributed by atoms with Crippen molar-refractivity contribution in [2.75, 3.05) is 16.8 Å². The van der Waals surface area contributed by atoms with Crippen LogP contribution in [0.25, 0.3) is 11.0 Å². The van der Waals surface area contributed by atoms with Crippen LogP contribution in [0, 0.1) is 0 Å². The van der Waals surface area contributed by atoms with E-state index in [2.05, 4.69) is 15.4 Å². The van der Waals surface area contributed by atoms with Crippen LogP contribution in [0.5, 0.6) is 0 Å². The van der Waals surface area contributed by atoms with Gasteiger partial charge in [0, 0.05) is 26.8 Å². The molecule has 7 heteroatoms. The first-order valence-corrected chi connectivity index (χ1v) is 7.61. The molecular formula is C16H18N6O. The van der Waals surface area contributed by atoms with Crippen LogP contribution in [-0.2, 0) is 18.9 Å². The van der Waals surface area contributed by atoms with Crippen LogP contribution < -0.4 is 10.2 Å². The minimum absolute atomic E-state index is 0.0602. The minimum Gasteiger partial charge on any atom is -0.344 e. The smallest absolute Gasteiger partial charge is 0.249 e. The summed E-state index contributed by atoms with van der Waals surface area (Å²) in [4.78, 5) is 19.0. The molecule has 118 valence electrons. The zero-order valence-corrected chi connectivity index (χ0v) is 13.1. The van der Waals surface area contributed by atoms with Crippen LogP contribution in [0.15, 0.2) is 36.7 Å². The third-order valence-electron chi connectivity index (χ3n) is 4.30. The highest BCUT2D eigenvalue weighted by molar-refractivity contribution is 6.00. The number of nitrogens with one attached hydrogen (secondary N) is 1. The van der Waals surface area contributed by atoms with Crippen molar-refractivity contribution in [3.8, 4) is 0 Å². The first-order chi connectivity index (χ1) is 11.1. The Kier molecular flexibility index (Phi) is 3.07. The van der Waals surface area contributed by atoms with Gasteiger partial charge in [0.1, 0.15) is 6.04 Å². The molecule has 1 aromatic carbocycles. The fourth-order valence-corrected chi connectivity index (χ4v) is 3.05. The van der Waals surface area contributed by atoms with Crippen LogP contribution in [-0.4, -0.2) is 37.8 Å². The van der Waals surface area contributed by atoms with Crippen molar-refractivity contribution in [1.82, 2.24) is 19.3 Å². The van der Waals surface area contributed by atoms with Crippen LogP contribution in [0.1, 0.15) is 6.42 Å². The third kappa shape index (κ3) is 2.25. The third-order valence-corrected chi connectivity index (χ3v) is 4.30. The summed E-state index contributed by atoms with van der Waals surface area (Å²) < 4.78 is 3.68. The van der Waals surface area contributed by atoms with Crippen LogP contribution in [0.3, 0.4) is 0 Å². The Labute approximate surface area is 133 Å². The Hall–Kier alpha value is -2.83. The maximum atomic E-state index is 12.6. The first kappa shape index (κ1) is 13.8. The van der Waals surface area contributed by atoms with Gasteiger partial charge in [0.15, 0.2) is 0 Å². The highest BCUT2D eigenvalue weighted by Gasteiger charge is 2.33. The van der Waals surface area contributed by atoms with E-state index in [1.54, 1.807) is 15.8 Å². The maximum Gasteiger partial charge on any atom is 0.249 e. The summed E-state index contributed by atoms with van der Waals surface area (Å²) in [5.74, 6) is 0.780. The van der Waals surface area contributed by atoms with Gasteiger partial charge in [-0.05, 0) is 18.6 Å². The number of nitrogens with zero attached hydrogens (tertiary/aromatic N) is 5. The number of hydrogen-bond acceptors (Lipinski definition) is 4. The molecule has 4 rings (SSSR count). The van der Waals surface area contributed by atoms with Crippen molar-refractivity contribution in [1.29, 1.82) is 0 Å². The molecule has 2 aromatic heterocycles. The molecule has 0 bridgehead atoms. The van der Waals surface area contributed by atoms with Crippen molar-refractivity contribution in [3.63, 3.8) is 0 Å². The first-order valence-electron chi connectivity index (χ1n) is 7.61. The summed E-state index contributed by atoms with van der Waals surface area (Å²) in [6, 6.07) is 7.68. The van der Waals surface area contributed by atoms with Crippen LogP contribution in [0.4, 0.5) is 11.6 Å². The van der Waals surface area contributed by atoms with E-state index in [0.29, 0.717) is 6.54 Å². The van der Waals surface area contributed by atoms with E-state index in [0.717, 1.165) is 29.1 Å². The number of para-hydroxylation sites is 2. The molecular weight excluding hydrogens is 292 g/mol. The number of fused-ring (bicyclic) bond motifs is 1. The van der Waals surface area contributed by atoms with E-state index in [4.69, 9.17) is 0 Å². The lowest BCUT2D eigenvalue weighted by molar-refractivity contribution is -0.117. The van der Waals surface area contributed by atoms with Crippen molar-refractivity contribution in [3.05, 3.63) is 36.7 Å². The van der Waals surface area contributed by atoms with Crippen LogP contribution in [0.2, 0.25) is 0 Å². The van der Waals surface area contributed by atoms with E-state index in [-0.39, 0.29) is 11.9 Å². The number of carbonyl (C=O) groups excluding carboxylic acids is 1. The van der Waals surface area contributed by atoms with Gasteiger partial charge in [-0.25, -0.2) is 4.98 Å². The van der Waals surface area contributed by atoms with Gasteiger partial charge in [-0.1, -0.05) is 12.1 Å². The normalized spacial score (nSPS) is 18.1. The molecule has 1 atom stereocenters. The fourth-order valence-electron chi connectivity index (χ4n) is 3.05. The Morgan fingerprint density at radius 3 is 2.83 bits per heavy atom. The molecule has 7 nitrogen and oxygen atoms in total. The number of amides is 1. The second kappa shape index (κ2) is 5.12. The Morgan fingerprint density at radius 2 is 2.09 bits per heavy atom. The number of hydrogen-bond donors (Lipinski definition) is 1. The molecule has 0 radical (unpaired) electrons. The number of carbonyl (C=O) groups is 1. The zero-order chi connectivity index (χ0) is 16.0. The lowest BCUT2D eigenvalue weighted by Gasteiger charge is -2.15. The molecule has 0 spiro atoms. The van der Waals surface area contributed by atoms with Gasteiger partial charge < -0.3 is 14.8 Å². The molecule has 1 fully saturated rings. The van der Waals surface area contributed by atoms with Crippen molar-refractivity contribution >= 4 is 28.6 Å². The Morgan fingerprint density at radius 1 is 1.26 bits per heavy atom. The summed E-state index contributed by atoms with van der Waals surface area (Å²) in [7, 11) is 3.80. The molecule has 1 N–H and O–H groups in total. The number of rotatable bonds is 3. The molecule has 1 saturated heterocycles. The summed E-state index contributed by atoms with van der Waals surface area (Å²) in [5, 5.41) is 7.42. The van der Waals surface area contributed by atoms with Gasteiger partial charge in [0.25, 0.3) is 0 Å². The van der Waals surface area contributed by atoms with E-state index < -0.39 is 0 Å². The molecule has 0 saturated carbocycles. The Balaban J connectivity index is 1.57. The fraction of sp³-hybridized carbons (Fsp3) is 0.312. The minimum atomic E-state index is -0.259. The predicted molar refractivity (Wildman–Crippen MR) is 88.3 cm³/mol. The summed E-state index contributed by atoms with van der Waals surface area (Å²) in [6.45, 7) is 0.687. The molecule has 0 aliphatic carbocycles. The van der Waals surface area contributed by atoms with Gasteiger partial charge in [-0.2, -0.15) is 5.10 Å². The monoisotopic (exact) mass is 310 g/mol. The molecule has 3 heterocycles. The largest absolute Gasteiger partial charge is 0.344 e. The number of imidazole rings is 1. The van der Waals surface area contributed by atoms with E-state index in [9.17, 15) is 4.79 Å². The summed E-state index contributed by atoms with van der Waals surface area (Å²) in [5.41, 5.74) is 2.81. The standard InChI is InChI=1S/C16H18N6O/c1-20-10-11(9-17-20)22-8-7-13(15(22)23)19-16-18-12-5-3-4-6-14(12)21(16)2/h3-6,9-10,13H,7-8H2,1-2H3,(H,18,19). The maximum absolute atomic E-state index is 12.6. The number of anilines is 2. The van der Waals surface area contributed by atoms with Crippen LogP contribution >= 0.6 is 0 Å². The lowest BCUT2D eigenvalue weighted by Crippen LogP contribution is -2.33. The van der Waals surface area contributed by atoms with E-state index >= 15 is 0 Å². The molecule has 1 amide bonds. The summed E-state index contributed by atoms with van der Waals surface area (Å²) >= 11 is 0. The summed E-state index contributed by atoms with van der Waals surface area (Å²) in [6.07, 6.45) is 4.32. The highest BCUT2D eigenvalue weighted by Crippen LogP contribution is 2.24. The predicted octanol–water partition coefficient (Wildman–Crippen LogP) is 1.52. The molecule has 3 aromatic rings. The average molecular weight is 310 g/mol. The van der Waals surface area contributed by atoms with Gasteiger partial charge >= 0.3 is 0 Å². The topological polar surface area (TPSA) is 68.0 Å². The van der Waals surface area contributed by atoms with Gasteiger partial charge in [-0.15, -0.1) is 0 Å². The number of benzene rings is 1. The highest BCUT2D eigenvalue weighted by atomic mass is 16.2. The van der Waals surface area contributed by atoms with E-state index in [1.807, 2.05) is 49.1 Å². The Bertz CT molecular complexity index is 880. The van der Waals surface area contributed by atoms with Gasteiger partial charge in [-0.3, -0.25) is 9.48 Å². The zero-order valence-electron chi connectivity index (χ0n) is 13.1. The number of aryl methyl sites for hydroxylation is 2. The second-order valence-corrected chi connectivity index (χ2v) is 5.83. The van der Waals surface area contributed by atoms with Crippen molar-refractivity contribution in [2.24, 2.45) is 14.1 Å². The van der Waals surface area contributed by atoms with E-state index in [1.165, 1.54) is 0 Å². The van der Waals surface area contributed by atoms with Gasteiger partial charge in [0.2, 0.25) is 11.9 Å². The SMILES string of the molecule is Cn1cc(N2CCC(Nc3nc4ccccc4n3C)C2=O)cn1. The van der Waals surface area contributed by atoms with Crippen molar-refractivity contribution < 1.29 is 4.79 Å². The number of aromatic nitrogens is 4. The second-order valence-electron chi connectivity index (χ2n) is 5.83. The molecule has 1 aliphatic heterocycles. The average Bonchev–Trinajstić information content (AvgIpc) is 3.21. The molecule has 1 unspecified atom stereocenters. The quantitative estimate of drug-likeness (QED) is 0.796. The molecule has 23 heavy (non-hydrogen) atoms. The van der Waals surface area contributed by atoms with Crippen molar-refractivity contribution in [2.45, 2.75) is 12.5 Å². The molecule has 1 aliphatic rings. The van der Waals surface area contributed by atoms with Gasteiger partial charge in [0.05, 0.1) is 22.9 Å². The lowest BCUT2D eigenvalue weighted by atomic mass is 10.2.